The highest BCUT2D eigenvalue weighted by Gasteiger charge is 2.14. The summed E-state index contributed by atoms with van der Waals surface area (Å²) in [5.74, 6) is 0.843. The van der Waals surface area contributed by atoms with Gasteiger partial charge in [0, 0.05) is 18.5 Å². The molecule has 1 aromatic rings. The van der Waals surface area contributed by atoms with Crippen LogP contribution in [0.2, 0.25) is 0 Å². The Labute approximate surface area is 104 Å². The van der Waals surface area contributed by atoms with Gasteiger partial charge in [-0.2, -0.15) is 0 Å². The number of terminal acetylenes is 1. The fraction of sp³-hybridized carbons (Fsp3) is 0.182. The average Bonchev–Trinajstić information content (AvgIpc) is 2.27. The predicted octanol–water partition coefficient (Wildman–Crippen LogP) is 0.226. The lowest BCUT2D eigenvalue weighted by Crippen LogP contribution is -2.25. The third-order valence-corrected chi connectivity index (χ3v) is 2.91. The van der Waals surface area contributed by atoms with Crippen LogP contribution in [0.4, 0.5) is 4.39 Å². The normalized spacial score (nSPS) is 10.7. The molecule has 0 aliphatic heterocycles. The van der Waals surface area contributed by atoms with E-state index in [9.17, 15) is 17.6 Å². The summed E-state index contributed by atoms with van der Waals surface area (Å²) < 4.78 is 35.3. The highest BCUT2D eigenvalue weighted by molar-refractivity contribution is 7.89. The van der Waals surface area contributed by atoms with E-state index in [1.165, 1.54) is 0 Å². The van der Waals surface area contributed by atoms with Crippen LogP contribution in [-0.4, -0.2) is 20.9 Å². The topological polar surface area (TPSA) is 89.3 Å². The fourth-order valence-corrected chi connectivity index (χ4v) is 1.78. The van der Waals surface area contributed by atoms with Crippen molar-refractivity contribution in [3.8, 4) is 12.3 Å². The van der Waals surface area contributed by atoms with Crippen molar-refractivity contribution in [2.75, 3.05) is 6.54 Å². The van der Waals surface area contributed by atoms with Crippen LogP contribution < -0.4 is 10.5 Å². The van der Waals surface area contributed by atoms with Gasteiger partial charge in [0.25, 0.3) is 5.91 Å². The Bertz CT molecular complexity index is 605. The van der Waals surface area contributed by atoms with Gasteiger partial charge >= 0.3 is 0 Å². The molecular formula is C11H11FN2O3S. The van der Waals surface area contributed by atoms with E-state index in [0.717, 1.165) is 18.2 Å². The molecule has 7 heteroatoms. The third-order valence-electron chi connectivity index (χ3n) is 2.02. The molecule has 0 bridgehead atoms. The Hall–Kier alpha value is -1.91. The van der Waals surface area contributed by atoms with Crippen molar-refractivity contribution in [2.24, 2.45) is 5.14 Å². The second kappa shape index (κ2) is 5.62. The molecule has 0 saturated carbocycles. The number of carbonyl (C=O) groups excluding carboxylic acids is 1. The summed E-state index contributed by atoms with van der Waals surface area (Å²) in [5.41, 5.74) is -0.129. The van der Waals surface area contributed by atoms with Crippen LogP contribution in [0.25, 0.3) is 0 Å². The summed E-state index contributed by atoms with van der Waals surface area (Å²) in [4.78, 5) is 11.1. The molecule has 0 atom stereocenters. The average molecular weight is 270 g/mol. The third kappa shape index (κ3) is 3.84. The molecular weight excluding hydrogens is 259 g/mol. The number of hydrogen-bond acceptors (Lipinski definition) is 3. The van der Waals surface area contributed by atoms with E-state index in [1.54, 1.807) is 0 Å². The van der Waals surface area contributed by atoms with Gasteiger partial charge in [-0.3, -0.25) is 4.79 Å². The molecule has 1 amide bonds. The van der Waals surface area contributed by atoms with Crippen LogP contribution in [0.3, 0.4) is 0 Å². The number of nitrogens with two attached hydrogens (primary N) is 1. The number of rotatable bonds is 4. The van der Waals surface area contributed by atoms with Gasteiger partial charge in [-0.05, 0) is 18.2 Å². The van der Waals surface area contributed by atoms with Gasteiger partial charge in [0.1, 0.15) is 5.82 Å². The maximum atomic E-state index is 13.2. The van der Waals surface area contributed by atoms with Crippen molar-refractivity contribution in [1.29, 1.82) is 0 Å². The Balaban J connectivity index is 3.01. The number of primary sulfonamides is 1. The van der Waals surface area contributed by atoms with Crippen LogP contribution >= 0.6 is 0 Å². The molecule has 0 aliphatic carbocycles. The summed E-state index contributed by atoms with van der Waals surface area (Å²) in [6.07, 6.45) is 5.32. The first kappa shape index (κ1) is 14.2. The second-order valence-corrected chi connectivity index (χ2v) is 4.99. The van der Waals surface area contributed by atoms with E-state index in [1.807, 2.05) is 0 Å². The molecule has 5 nitrogen and oxygen atoms in total. The lowest BCUT2D eigenvalue weighted by Gasteiger charge is -2.05. The van der Waals surface area contributed by atoms with Crippen LogP contribution in [0.1, 0.15) is 16.8 Å². The molecule has 0 heterocycles. The fourth-order valence-electron chi connectivity index (χ4n) is 1.21. The minimum Gasteiger partial charge on any atom is -0.351 e. The second-order valence-electron chi connectivity index (χ2n) is 3.43. The van der Waals surface area contributed by atoms with Crippen molar-refractivity contribution in [3.63, 3.8) is 0 Å². The first-order chi connectivity index (χ1) is 8.34. The number of nitrogens with one attached hydrogen (secondary N) is 1. The van der Waals surface area contributed by atoms with Gasteiger partial charge in [0.05, 0.1) is 4.90 Å². The Morgan fingerprint density at radius 1 is 1.44 bits per heavy atom. The minimum absolute atomic E-state index is 0.129. The number of hydrogen-bond donors (Lipinski definition) is 2. The van der Waals surface area contributed by atoms with Gasteiger partial charge in [-0.25, -0.2) is 17.9 Å². The molecule has 0 aliphatic rings. The number of benzene rings is 1. The zero-order valence-electron chi connectivity index (χ0n) is 9.31. The molecule has 18 heavy (non-hydrogen) atoms. The number of sulfonamides is 1. The monoisotopic (exact) mass is 270 g/mol. The molecule has 3 N–H and O–H groups in total. The van der Waals surface area contributed by atoms with Gasteiger partial charge in [-0.1, -0.05) is 0 Å². The van der Waals surface area contributed by atoms with E-state index >= 15 is 0 Å². The van der Waals surface area contributed by atoms with E-state index in [2.05, 4.69) is 11.2 Å². The van der Waals surface area contributed by atoms with Crippen LogP contribution in [-0.2, 0) is 10.0 Å². The summed E-state index contributed by atoms with van der Waals surface area (Å²) in [5, 5.41) is 7.29. The summed E-state index contributed by atoms with van der Waals surface area (Å²) in [6, 6.07) is 2.66. The lowest BCUT2D eigenvalue weighted by molar-refractivity contribution is 0.0954. The van der Waals surface area contributed by atoms with Gasteiger partial charge in [-0.15, -0.1) is 12.3 Å². The van der Waals surface area contributed by atoms with Crippen LogP contribution in [0.5, 0.6) is 0 Å². The summed E-state index contributed by atoms with van der Waals surface area (Å²) >= 11 is 0. The first-order valence-corrected chi connectivity index (χ1v) is 6.44. The van der Waals surface area contributed by atoms with Crippen molar-refractivity contribution in [3.05, 3.63) is 29.6 Å². The largest absolute Gasteiger partial charge is 0.351 e. The number of amides is 1. The highest BCUT2D eigenvalue weighted by atomic mass is 32.2. The molecule has 0 unspecified atom stereocenters. The molecule has 0 aromatic heterocycles. The van der Waals surface area contributed by atoms with E-state index < -0.39 is 26.6 Å². The van der Waals surface area contributed by atoms with E-state index in [-0.39, 0.29) is 12.1 Å². The Morgan fingerprint density at radius 3 is 2.67 bits per heavy atom. The first-order valence-electron chi connectivity index (χ1n) is 4.89. The van der Waals surface area contributed by atoms with Crippen molar-refractivity contribution in [1.82, 2.24) is 5.32 Å². The predicted molar refractivity (Wildman–Crippen MR) is 63.6 cm³/mol. The molecule has 0 fully saturated rings. The Morgan fingerprint density at radius 2 is 2.11 bits per heavy atom. The maximum Gasteiger partial charge on any atom is 0.251 e. The van der Waals surface area contributed by atoms with Crippen LogP contribution in [0, 0.1) is 18.2 Å². The quantitative estimate of drug-likeness (QED) is 0.606. The molecule has 0 saturated heterocycles. The van der Waals surface area contributed by atoms with E-state index in [4.69, 9.17) is 11.6 Å². The zero-order chi connectivity index (χ0) is 13.8. The maximum absolute atomic E-state index is 13.2. The number of halogens is 1. The lowest BCUT2D eigenvalue weighted by atomic mass is 10.2. The molecule has 96 valence electrons. The van der Waals surface area contributed by atoms with Crippen LogP contribution in [0.15, 0.2) is 23.1 Å². The van der Waals surface area contributed by atoms with Crippen molar-refractivity contribution in [2.45, 2.75) is 11.3 Å². The molecule has 0 radical (unpaired) electrons. The SMILES string of the molecule is C#CCCNC(=O)c1cc(F)cc(S(N)(=O)=O)c1. The van der Waals surface area contributed by atoms with E-state index in [0.29, 0.717) is 6.42 Å². The summed E-state index contributed by atoms with van der Waals surface area (Å²) in [7, 11) is -4.06. The van der Waals surface area contributed by atoms with Gasteiger partial charge < -0.3 is 5.32 Å². The Kier molecular flexibility index (Phi) is 4.42. The van der Waals surface area contributed by atoms with Gasteiger partial charge in [0.15, 0.2) is 0 Å². The highest BCUT2D eigenvalue weighted by Crippen LogP contribution is 2.13. The zero-order valence-corrected chi connectivity index (χ0v) is 10.1. The summed E-state index contributed by atoms with van der Waals surface area (Å²) in [6.45, 7) is 0.219. The van der Waals surface area contributed by atoms with Crippen molar-refractivity contribution < 1.29 is 17.6 Å². The molecule has 1 rings (SSSR count). The van der Waals surface area contributed by atoms with Crippen molar-refractivity contribution >= 4 is 15.9 Å². The van der Waals surface area contributed by atoms with Gasteiger partial charge in [0.2, 0.25) is 10.0 Å². The standard InChI is InChI=1S/C11H11FN2O3S/c1-2-3-4-14-11(15)8-5-9(12)7-10(6-8)18(13,16)17/h1,5-7H,3-4H2,(H,14,15)(H2,13,16,17). The minimum atomic E-state index is -4.06. The molecule has 1 aromatic carbocycles. The smallest absolute Gasteiger partial charge is 0.251 e. The number of carbonyl (C=O) groups is 1. The molecule has 0 spiro atoms.